The highest BCUT2D eigenvalue weighted by Crippen LogP contribution is 2.33. The lowest BCUT2D eigenvalue weighted by molar-refractivity contribution is 0.0831. The van der Waals surface area contributed by atoms with E-state index in [2.05, 4.69) is 10.1 Å². The van der Waals surface area contributed by atoms with E-state index < -0.39 is 0 Å². The summed E-state index contributed by atoms with van der Waals surface area (Å²) in [5.41, 5.74) is 3.53. The molecule has 8 heteroatoms. The maximum atomic E-state index is 12.5. The molecule has 7 nitrogen and oxygen atoms in total. The Morgan fingerprint density at radius 1 is 1.10 bits per heavy atom. The second kappa shape index (κ2) is 6.52. The molecule has 5 rings (SSSR count). The molecule has 0 fully saturated rings. The van der Waals surface area contributed by atoms with Crippen molar-refractivity contribution in [3.63, 3.8) is 0 Å². The van der Waals surface area contributed by atoms with Crippen LogP contribution in [0.4, 0.5) is 0 Å². The molecule has 1 amide bonds. The van der Waals surface area contributed by atoms with E-state index in [-0.39, 0.29) is 5.91 Å². The highest BCUT2D eigenvalue weighted by atomic mass is 32.1. The van der Waals surface area contributed by atoms with Gasteiger partial charge in [-0.05, 0) is 36.8 Å². The van der Waals surface area contributed by atoms with Gasteiger partial charge < -0.3 is 9.47 Å². The minimum Gasteiger partial charge on any atom is -0.344 e. The largest absolute Gasteiger partial charge is 0.344 e. The van der Waals surface area contributed by atoms with Gasteiger partial charge in [0.2, 0.25) is 0 Å². The lowest BCUT2D eigenvalue weighted by atomic mass is 10.1. The van der Waals surface area contributed by atoms with Crippen molar-refractivity contribution in [2.45, 2.75) is 6.92 Å². The van der Waals surface area contributed by atoms with Crippen LogP contribution < -0.4 is 0 Å². The molecule has 144 valence electrons. The molecule has 0 spiro atoms. The first-order valence-electron chi connectivity index (χ1n) is 9.13. The third kappa shape index (κ3) is 2.72. The molecule has 4 heterocycles. The van der Waals surface area contributed by atoms with Crippen LogP contribution in [0, 0.1) is 6.92 Å². The second-order valence-electron chi connectivity index (χ2n) is 6.99. The molecular formula is C21H18N6OS. The van der Waals surface area contributed by atoms with Gasteiger partial charge in [0.1, 0.15) is 11.2 Å². The monoisotopic (exact) mass is 402 g/mol. The van der Waals surface area contributed by atoms with Gasteiger partial charge in [-0.15, -0.1) is 16.4 Å². The lowest BCUT2D eigenvalue weighted by Gasteiger charge is -2.08. The maximum Gasteiger partial charge on any atom is 0.263 e. The number of amides is 1. The van der Waals surface area contributed by atoms with Crippen LogP contribution in [0.1, 0.15) is 15.2 Å². The molecule has 0 aliphatic heterocycles. The average molecular weight is 402 g/mol. The molecular weight excluding hydrogens is 384 g/mol. The quantitative estimate of drug-likeness (QED) is 0.460. The molecule has 0 aliphatic rings. The van der Waals surface area contributed by atoms with Crippen LogP contribution in [0.2, 0.25) is 0 Å². The summed E-state index contributed by atoms with van der Waals surface area (Å²) >= 11 is 1.39. The molecule has 0 saturated heterocycles. The van der Waals surface area contributed by atoms with Gasteiger partial charge in [0.05, 0.1) is 16.0 Å². The molecule has 0 radical (unpaired) electrons. The predicted molar refractivity (Wildman–Crippen MR) is 114 cm³/mol. The third-order valence-electron chi connectivity index (χ3n) is 4.90. The highest BCUT2D eigenvalue weighted by Gasteiger charge is 2.22. The zero-order valence-electron chi connectivity index (χ0n) is 16.2. The van der Waals surface area contributed by atoms with Crippen LogP contribution in [0.25, 0.3) is 32.9 Å². The number of hydrogen-bond acceptors (Lipinski definition) is 5. The summed E-state index contributed by atoms with van der Waals surface area (Å²) in [6, 6.07) is 12.0. The maximum absolute atomic E-state index is 12.5. The zero-order valence-corrected chi connectivity index (χ0v) is 17.0. The Bertz CT molecular complexity index is 1360. The van der Waals surface area contributed by atoms with E-state index in [9.17, 15) is 4.79 Å². The summed E-state index contributed by atoms with van der Waals surface area (Å²) in [6.07, 6.45) is 5.65. The lowest BCUT2D eigenvalue weighted by Crippen LogP contribution is -2.21. The molecule has 1 aromatic carbocycles. The van der Waals surface area contributed by atoms with Crippen molar-refractivity contribution in [2.24, 2.45) is 0 Å². The molecule has 29 heavy (non-hydrogen) atoms. The number of para-hydroxylation sites is 1. The molecule has 5 aromatic rings. The van der Waals surface area contributed by atoms with E-state index in [1.165, 1.54) is 11.3 Å². The van der Waals surface area contributed by atoms with Gasteiger partial charge in [0.15, 0.2) is 11.5 Å². The molecule has 4 aromatic heterocycles. The average Bonchev–Trinajstić information content (AvgIpc) is 3.45. The first-order valence-corrected chi connectivity index (χ1v) is 9.95. The number of fused-ring (bicyclic) bond motifs is 3. The fraction of sp³-hybridized carbons (Fsp3) is 0.143. The summed E-state index contributed by atoms with van der Waals surface area (Å²) in [6.45, 7) is 1.94. The van der Waals surface area contributed by atoms with Crippen LogP contribution in [0.5, 0.6) is 0 Å². The van der Waals surface area contributed by atoms with Crippen molar-refractivity contribution in [1.82, 2.24) is 29.0 Å². The van der Waals surface area contributed by atoms with E-state index in [1.54, 1.807) is 29.8 Å². The van der Waals surface area contributed by atoms with Crippen molar-refractivity contribution in [1.29, 1.82) is 0 Å². The van der Waals surface area contributed by atoms with E-state index in [0.29, 0.717) is 16.3 Å². The van der Waals surface area contributed by atoms with Crippen LogP contribution in [-0.2, 0) is 0 Å². The fourth-order valence-electron chi connectivity index (χ4n) is 3.44. The fourth-order valence-corrected chi connectivity index (χ4v) is 4.60. The summed E-state index contributed by atoms with van der Waals surface area (Å²) in [5, 5.41) is 5.55. The van der Waals surface area contributed by atoms with Gasteiger partial charge >= 0.3 is 0 Å². The number of carbonyl (C=O) groups excluding carboxylic acids is 1. The van der Waals surface area contributed by atoms with Gasteiger partial charge in [0, 0.05) is 32.1 Å². The molecule has 0 atom stereocenters. The molecule has 0 N–H and O–H groups in total. The second-order valence-corrected chi connectivity index (χ2v) is 7.99. The Hall–Kier alpha value is -3.52. The van der Waals surface area contributed by atoms with Gasteiger partial charge in [-0.1, -0.05) is 12.1 Å². The number of hydrogen-bond donors (Lipinski definition) is 0. The van der Waals surface area contributed by atoms with E-state index in [1.807, 2.05) is 60.3 Å². The normalized spacial score (nSPS) is 11.4. The number of carbonyl (C=O) groups is 1. The summed E-state index contributed by atoms with van der Waals surface area (Å²) < 4.78 is 3.73. The first kappa shape index (κ1) is 17.6. The minimum atomic E-state index is -0.0265. The van der Waals surface area contributed by atoms with Gasteiger partial charge in [-0.25, -0.2) is 14.5 Å². The Balaban J connectivity index is 1.73. The number of aromatic nitrogens is 5. The Morgan fingerprint density at radius 3 is 2.62 bits per heavy atom. The number of nitrogens with zero attached hydrogens (tertiary/aromatic N) is 6. The third-order valence-corrected chi connectivity index (χ3v) is 6.08. The summed E-state index contributed by atoms with van der Waals surface area (Å²) in [7, 11) is 3.51. The number of benzene rings is 1. The first-order chi connectivity index (χ1) is 14.0. The van der Waals surface area contributed by atoms with Gasteiger partial charge in [-0.2, -0.15) is 0 Å². The topological polar surface area (TPSA) is 68.3 Å². The standard InChI is InChI=1S/C21H18N6OS/c1-13-16-19-23-18(14-8-4-5-9-15(14)26-10-6-7-11-26)24-27(19)12-22-20(16)29-17(13)21(28)25(2)3/h4-12H,1-3H3. The van der Waals surface area contributed by atoms with Crippen molar-refractivity contribution in [3.05, 3.63) is 65.6 Å². The van der Waals surface area contributed by atoms with Crippen LogP contribution >= 0.6 is 11.3 Å². The molecule has 0 aliphatic carbocycles. The van der Waals surface area contributed by atoms with Crippen LogP contribution in [0.3, 0.4) is 0 Å². The van der Waals surface area contributed by atoms with E-state index in [0.717, 1.165) is 27.0 Å². The smallest absolute Gasteiger partial charge is 0.263 e. The number of thiophene rings is 1. The number of aryl methyl sites for hydroxylation is 1. The highest BCUT2D eigenvalue weighted by molar-refractivity contribution is 7.20. The number of rotatable bonds is 3. The Kier molecular flexibility index (Phi) is 3.95. The molecule has 0 unspecified atom stereocenters. The molecule has 0 bridgehead atoms. The SMILES string of the molecule is Cc1c(C(=O)N(C)C)sc2ncn3nc(-c4ccccc4-n4cccc4)nc3c12. The van der Waals surface area contributed by atoms with Crippen molar-refractivity contribution in [3.8, 4) is 17.1 Å². The summed E-state index contributed by atoms with van der Waals surface area (Å²) in [4.78, 5) is 24.9. The van der Waals surface area contributed by atoms with Crippen LogP contribution in [0.15, 0.2) is 55.1 Å². The summed E-state index contributed by atoms with van der Waals surface area (Å²) in [5.74, 6) is 0.594. The van der Waals surface area contributed by atoms with E-state index >= 15 is 0 Å². The zero-order chi connectivity index (χ0) is 20.1. The van der Waals surface area contributed by atoms with Crippen molar-refractivity contribution in [2.75, 3.05) is 14.1 Å². The van der Waals surface area contributed by atoms with Gasteiger partial charge in [0.25, 0.3) is 5.91 Å². The Labute approximate surface area is 170 Å². The minimum absolute atomic E-state index is 0.0265. The van der Waals surface area contributed by atoms with Crippen LogP contribution in [-0.4, -0.2) is 49.1 Å². The van der Waals surface area contributed by atoms with Crippen molar-refractivity contribution >= 4 is 33.1 Å². The molecule has 0 saturated carbocycles. The van der Waals surface area contributed by atoms with Gasteiger partial charge in [-0.3, -0.25) is 4.79 Å². The predicted octanol–water partition coefficient (Wildman–Crippen LogP) is 3.81. The van der Waals surface area contributed by atoms with E-state index in [4.69, 9.17) is 4.98 Å². The Morgan fingerprint density at radius 2 is 1.86 bits per heavy atom. The van der Waals surface area contributed by atoms with Crippen molar-refractivity contribution < 1.29 is 4.79 Å².